The SMILES string of the molecule is CCC(CO)OCCCl. The summed E-state index contributed by atoms with van der Waals surface area (Å²) in [4.78, 5) is 0. The molecule has 3 heteroatoms. The minimum Gasteiger partial charge on any atom is -0.394 e. The second-order valence-electron chi connectivity index (χ2n) is 1.77. The van der Waals surface area contributed by atoms with Gasteiger partial charge >= 0.3 is 0 Å². The van der Waals surface area contributed by atoms with Crippen LogP contribution in [0.5, 0.6) is 0 Å². The van der Waals surface area contributed by atoms with Crippen LogP contribution in [0.3, 0.4) is 0 Å². The number of ether oxygens (including phenoxy) is 1. The van der Waals surface area contributed by atoms with Crippen molar-refractivity contribution in [3.05, 3.63) is 0 Å². The highest BCUT2D eigenvalue weighted by Gasteiger charge is 2.01. The molecule has 0 rings (SSSR count). The van der Waals surface area contributed by atoms with Crippen LogP contribution in [0.2, 0.25) is 0 Å². The molecule has 1 unspecified atom stereocenters. The van der Waals surface area contributed by atoms with Gasteiger partial charge in [0.05, 0.1) is 19.3 Å². The summed E-state index contributed by atoms with van der Waals surface area (Å²) in [6, 6.07) is 0. The molecule has 1 atom stereocenters. The Balaban J connectivity index is 3.09. The highest BCUT2D eigenvalue weighted by atomic mass is 35.5. The summed E-state index contributed by atoms with van der Waals surface area (Å²) < 4.78 is 5.11. The number of aliphatic hydroxyl groups is 1. The molecule has 2 nitrogen and oxygen atoms in total. The lowest BCUT2D eigenvalue weighted by Crippen LogP contribution is -2.17. The molecule has 0 saturated carbocycles. The maximum absolute atomic E-state index is 8.58. The molecule has 0 aromatic rings. The Morgan fingerprint density at radius 1 is 1.67 bits per heavy atom. The summed E-state index contributed by atoms with van der Waals surface area (Å²) in [7, 11) is 0. The molecule has 9 heavy (non-hydrogen) atoms. The number of halogens is 1. The van der Waals surface area contributed by atoms with E-state index in [2.05, 4.69) is 0 Å². The number of aliphatic hydroxyl groups excluding tert-OH is 1. The lowest BCUT2D eigenvalue weighted by Gasteiger charge is -2.10. The van der Waals surface area contributed by atoms with Gasteiger partial charge in [0.25, 0.3) is 0 Å². The van der Waals surface area contributed by atoms with Crippen LogP contribution in [-0.2, 0) is 4.74 Å². The van der Waals surface area contributed by atoms with Crippen LogP contribution >= 0.6 is 11.6 Å². The topological polar surface area (TPSA) is 29.5 Å². The zero-order valence-corrected chi connectivity index (χ0v) is 6.40. The van der Waals surface area contributed by atoms with Crippen LogP contribution in [0.4, 0.5) is 0 Å². The third-order valence-electron chi connectivity index (χ3n) is 1.09. The van der Waals surface area contributed by atoms with Gasteiger partial charge in [-0.25, -0.2) is 0 Å². The first-order valence-electron chi connectivity index (χ1n) is 3.13. The average Bonchev–Trinajstić information content (AvgIpc) is 1.91. The summed E-state index contributed by atoms with van der Waals surface area (Å²) in [5.41, 5.74) is 0. The summed E-state index contributed by atoms with van der Waals surface area (Å²) in [6.07, 6.45) is 0.816. The summed E-state index contributed by atoms with van der Waals surface area (Å²) in [6.45, 7) is 2.59. The Morgan fingerprint density at radius 3 is 2.67 bits per heavy atom. The molecule has 0 bridgehead atoms. The fourth-order valence-corrected chi connectivity index (χ4v) is 0.600. The summed E-state index contributed by atoms with van der Waals surface area (Å²) in [5, 5.41) is 8.58. The van der Waals surface area contributed by atoms with Crippen LogP contribution in [0.25, 0.3) is 0 Å². The smallest absolute Gasteiger partial charge is 0.0803 e. The van der Waals surface area contributed by atoms with E-state index < -0.39 is 0 Å². The van der Waals surface area contributed by atoms with Gasteiger partial charge in [0.15, 0.2) is 0 Å². The zero-order chi connectivity index (χ0) is 7.11. The lowest BCUT2D eigenvalue weighted by atomic mass is 10.3. The first-order chi connectivity index (χ1) is 4.35. The summed E-state index contributed by atoms with van der Waals surface area (Å²) in [5.74, 6) is 0.497. The van der Waals surface area contributed by atoms with E-state index in [1.54, 1.807) is 0 Å². The van der Waals surface area contributed by atoms with Crippen LogP contribution in [0, 0.1) is 0 Å². The number of alkyl halides is 1. The highest BCUT2D eigenvalue weighted by molar-refractivity contribution is 6.17. The molecule has 1 N–H and O–H groups in total. The minimum absolute atomic E-state index is 0.0243. The van der Waals surface area contributed by atoms with Crippen molar-refractivity contribution < 1.29 is 9.84 Å². The molecular weight excluding hydrogens is 140 g/mol. The molecular formula is C6H13ClO2. The van der Waals surface area contributed by atoms with Gasteiger partial charge in [-0.3, -0.25) is 0 Å². The molecule has 0 spiro atoms. The number of hydrogen-bond donors (Lipinski definition) is 1. The zero-order valence-electron chi connectivity index (χ0n) is 5.64. The predicted molar refractivity (Wildman–Crippen MR) is 37.8 cm³/mol. The van der Waals surface area contributed by atoms with Crippen molar-refractivity contribution in [1.29, 1.82) is 0 Å². The quantitative estimate of drug-likeness (QED) is 0.596. The van der Waals surface area contributed by atoms with Crippen molar-refractivity contribution in [2.45, 2.75) is 19.4 Å². The summed E-state index contributed by atoms with van der Waals surface area (Å²) >= 11 is 5.35. The second-order valence-corrected chi connectivity index (χ2v) is 2.15. The third-order valence-corrected chi connectivity index (χ3v) is 1.24. The molecule has 0 aromatic heterocycles. The van der Waals surface area contributed by atoms with Crippen molar-refractivity contribution in [2.75, 3.05) is 19.1 Å². The molecule has 0 aliphatic carbocycles. The predicted octanol–water partition coefficient (Wildman–Crippen LogP) is 1.01. The maximum atomic E-state index is 8.58. The van der Waals surface area contributed by atoms with Gasteiger partial charge in [0.1, 0.15) is 0 Å². The van der Waals surface area contributed by atoms with Crippen LogP contribution in [0.15, 0.2) is 0 Å². The average molecular weight is 153 g/mol. The van der Waals surface area contributed by atoms with E-state index >= 15 is 0 Å². The van der Waals surface area contributed by atoms with Crippen LogP contribution in [0.1, 0.15) is 13.3 Å². The molecule has 0 radical (unpaired) electrons. The van der Waals surface area contributed by atoms with Gasteiger partial charge < -0.3 is 9.84 Å². The molecule has 0 saturated heterocycles. The van der Waals surface area contributed by atoms with Crippen molar-refractivity contribution in [1.82, 2.24) is 0 Å². The van der Waals surface area contributed by atoms with Crippen LogP contribution < -0.4 is 0 Å². The van der Waals surface area contributed by atoms with E-state index in [9.17, 15) is 0 Å². The van der Waals surface area contributed by atoms with Crippen molar-refractivity contribution in [3.8, 4) is 0 Å². The van der Waals surface area contributed by atoms with E-state index in [0.717, 1.165) is 6.42 Å². The van der Waals surface area contributed by atoms with E-state index in [4.69, 9.17) is 21.4 Å². The molecule has 0 aromatic carbocycles. The molecule has 0 aliphatic heterocycles. The van der Waals surface area contributed by atoms with Crippen molar-refractivity contribution >= 4 is 11.6 Å². The molecule has 0 amide bonds. The molecule has 0 aliphatic rings. The normalized spacial score (nSPS) is 13.7. The standard InChI is InChI=1S/C6H13ClO2/c1-2-6(5-8)9-4-3-7/h6,8H,2-5H2,1H3. The van der Waals surface area contributed by atoms with Crippen molar-refractivity contribution in [2.24, 2.45) is 0 Å². The van der Waals surface area contributed by atoms with E-state index in [-0.39, 0.29) is 12.7 Å². The Hall–Kier alpha value is 0.210. The van der Waals surface area contributed by atoms with Crippen LogP contribution in [-0.4, -0.2) is 30.3 Å². The molecule has 0 fully saturated rings. The first kappa shape index (κ1) is 9.21. The van der Waals surface area contributed by atoms with Crippen molar-refractivity contribution in [3.63, 3.8) is 0 Å². The first-order valence-corrected chi connectivity index (χ1v) is 3.67. The Morgan fingerprint density at radius 2 is 2.33 bits per heavy atom. The second kappa shape index (κ2) is 6.33. The van der Waals surface area contributed by atoms with Gasteiger partial charge in [-0.15, -0.1) is 11.6 Å². The van der Waals surface area contributed by atoms with Gasteiger partial charge in [0, 0.05) is 5.88 Å². The Bertz CT molecular complexity index is 55.0. The van der Waals surface area contributed by atoms with E-state index in [1.165, 1.54) is 0 Å². The number of rotatable bonds is 5. The molecule has 56 valence electrons. The fraction of sp³-hybridized carbons (Fsp3) is 1.00. The van der Waals surface area contributed by atoms with Gasteiger partial charge in [-0.1, -0.05) is 6.92 Å². The lowest BCUT2D eigenvalue weighted by molar-refractivity contribution is 0.0192. The maximum Gasteiger partial charge on any atom is 0.0803 e. The molecule has 0 heterocycles. The fourth-order valence-electron chi connectivity index (χ4n) is 0.511. The van der Waals surface area contributed by atoms with E-state index in [0.29, 0.717) is 12.5 Å². The highest BCUT2D eigenvalue weighted by Crippen LogP contribution is 1.95. The van der Waals surface area contributed by atoms with Gasteiger partial charge in [0.2, 0.25) is 0 Å². The monoisotopic (exact) mass is 152 g/mol. The van der Waals surface area contributed by atoms with Gasteiger partial charge in [-0.2, -0.15) is 0 Å². The van der Waals surface area contributed by atoms with E-state index in [1.807, 2.05) is 6.92 Å². The largest absolute Gasteiger partial charge is 0.394 e. The Kier molecular flexibility index (Phi) is 6.48. The minimum atomic E-state index is -0.0243. The Labute approximate surface area is 60.8 Å². The third kappa shape index (κ3) is 4.70. The van der Waals surface area contributed by atoms with Gasteiger partial charge in [-0.05, 0) is 6.42 Å². The number of hydrogen-bond acceptors (Lipinski definition) is 2.